The number of fused-ring (bicyclic) bond motifs is 1. The average Bonchev–Trinajstić information content (AvgIpc) is 3.07. The van der Waals surface area contributed by atoms with E-state index in [9.17, 15) is 18.7 Å². The number of aromatic carboxylic acids is 1. The summed E-state index contributed by atoms with van der Waals surface area (Å²) >= 11 is 0. The van der Waals surface area contributed by atoms with E-state index in [1.165, 1.54) is 6.20 Å². The Labute approximate surface area is 148 Å². The summed E-state index contributed by atoms with van der Waals surface area (Å²) in [6.07, 6.45) is 4.26. The highest BCUT2D eigenvalue weighted by Gasteiger charge is 2.22. The fourth-order valence-corrected chi connectivity index (χ4v) is 3.52. The van der Waals surface area contributed by atoms with Gasteiger partial charge in [-0.15, -0.1) is 0 Å². The average molecular weight is 357 g/mol. The van der Waals surface area contributed by atoms with Crippen molar-refractivity contribution >= 4 is 16.9 Å². The van der Waals surface area contributed by atoms with Crippen LogP contribution in [0.4, 0.5) is 8.78 Å². The lowest BCUT2D eigenvalue weighted by molar-refractivity contribution is 0.0149. The maximum Gasteiger partial charge on any atom is 0.337 e. The van der Waals surface area contributed by atoms with Gasteiger partial charge in [-0.3, -0.25) is 0 Å². The van der Waals surface area contributed by atoms with Gasteiger partial charge in [-0.05, 0) is 36.5 Å². The van der Waals surface area contributed by atoms with E-state index in [-0.39, 0.29) is 28.1 Å². The molecule has 1 aliphatic rings. The molecule has 134 valence electrons. The van der Waals surface area contributed by atoms with Crippen molar-refractivity contribution in [3.63, 3.8) is 0 Å². The van der Waals surface area contributed by atoms with Crippen LogP contribution in [0.1, 0.15) is 41.3 Å². The second-order valence-electron chi connectivity index (χ2n) is 6.45. The van der Waals surface area contributed by atoms with E-state index < -0.39 is 17.6 Å². The summed E-state index contributed by atoms with van der Waals surface area (Å²) < 4.78 is 35.2. The number of nitrogens with one attached hydrogen (secondary N) is 1. The fourth-order valence-electron chi connectivity index (χ4n) is 3.52. The molecule has 6 heteroatoms. The van der Waals surface area contributed by atoms with Gasteiger partial charge in [0, 0.05) is 12.8 Å². The highest BCUT2D eigenvalue weighted by molar-refractivity contribution is 6.04. The molecule has 0 aliphatic carbocycles. The summed E-state index contributed by atoms with van der Waals surface area (Å²) in [7, 11) is 0. The number of benzene rings is 2. The molecule has 1 unspecified atom stereocenters. The van der Waals surface area contributed by atoms with Crippen molar-refractivity contribution in [2.75, 3.05) is 6.61 Å². The van der Waals surface area contributed by atoms with Crippen LogP contribution in [0.2, 0.25) is 0 Å². The third kappa shape index (κ3) is 2.76. The van der Waals surface area contributed by atoms with Gasteiger partial charge in [0.25, 0.3) is 0 Å². The van der Waals surface area contributed by atoms with Crippen LogP contribution in [0.3, 0.4) is 0 Å². The van der Waals surface area contributed by atoms with Crippen LogP contribution in [0.15, 0.2) is 36.5 Å². The molecular formula is C20H17F2NO3. The van der Waals surface area contributed by atoms with E-state index in [0.29, 0.717) is 5.56 Å². The van der Waals surface area contributed by atoms with E-state index in [2.05, 4.69) is 4.98 Å². The largest absolute Gasteiger partial charge is 0.478 e. The molecule has 2 N–H and O–H groups in total. The van der Waals surface area contributed by atoms with Crippen LogP contribution >= 0.6 is 0 Å². The zero-order valence-electron chi connectivity index (χ0n) is 13.9. The minimum absolute atomic E-state index is 0.0123. The topological polar surface area (TPSA) is 62.3 Å². The third-order valence-corrected chi connectivity index (χ3v) is 4.84. The first-order valence-electron chi connectivity index (χ1n) is 8.50. The number of hydrogen-bond acceptors (Lipinski definition) is 2. The summed E-state index contributed by atoms with van der Waals surface area (Å²) in [4.78, 5) is 13.9. The molecule has 4 rings (SSSR count). The van der Waals surface area contributed by atoms with Gasteiger partial charge in [0.15, 0.2) is 0 Å². The van der Waals surface area contributed by atoms with Crippen LogP contribution in [-0.4, -0.2) is 22.7 Å². The van der Waals surface area contributed by atoms with E-state index in [0.717, 1.165) is 37.5 Å². The normalized spacial score (nSPS) is 17.5. The molecule has 0 radical (unpaired) electrons. The first-order valence-corrected chi connectivity index (χ1v) is 8.50. The lowest BCUT2D eigenvalue weighted by Gasteiger charge is -2.23. The van der Waals surface area contributed by atoms with Gasteiger partial charge in [-0.25, -0.2) is 13.6 Å². The quantitative estimate of drug-likeness (QED) is 0.689. The summed E-state index contributed by atoms with van der Waals surface area (Å²) in [5.41, 5.74) is 1.01. The van der Waals surface area contributed by atoms with Crippen molar-refractivity contribution in [1.82, 2.24) is 4.98 Å². The van der Waals surface area contributed by atoms with E-state index in [1.807, 2.05) is 12.1 Å². The molecule has 26 heavy (non-hydrogen) atoms. The number of rotatable bonds is 3. The van der Waals surface area contributed by atoms with Gasteiger partial charge in [0.1, 0.15) is 11.6 Å². The zero-order valence-corrected chi connectivity index (χ0v) is 13.9. The molecule has 2 heterocycles. The lowest BCUT2D eigenvalue weighted by Crippen LogP contribution is -2.11. The van der Waals surface area contributed by atoms with Gasteiger partial charge in [0.2, 0.25) is 0 Å². The predicted molar refractivity (Wildman–Crippen MR) is 93.2 cm³/mol. The first kappa shape index (κ1) is 16.7. The van der Waals surface area contributed by atoms with Gasteiger partial charge in [-0.2, -0.15) is 0 Å². The van der Waals surface area contributed by atoms with E-state index in [1.54, 1.807) is 12.1 Å². The predicted octanol–water partition coefficient (Wildman–Crippen LogP) is 5.05. The number of ether oxygens (including phenoxy) is 1. The highest BCUT2D eigenvalue weighted by Crippen LogP contribution is 2.35. The Hall–Kier alpha value is -2.73. The summed E-state index contributed by atoms with van der Waals surface area (Å²) in [5, 5.41) is 9.10. The smallest absolute Gasteiger partial charge is 0.337 e. The Morgan fingerprint density at radius 3 is 2.62 bits per heavy atom. The number of aromatic amines is 1. The SMILES string of the molecule is O=C(O)c1c[nH]c2cc(F)c(-c3ccc(C4CCCCO4)cc3)c(F)c12. The molecule has 1 atom stereocenters. The second kappa shape index (κ2) is 6.53. The van der Waals surface area contributed by atoms with Gasteiger partial charge < -0.3 is 14.8 Å². The number of halogens is 2. The Balaban J connectivity index is 1.78. The standard InChI is InChI=1S/C20H17F2NO3/c21-14-9-15-18(13(10-23-15)20(24)25)19(22)17(14)12-6-4-11(5-7-12)16-3-1-2-8-26-16/h4-7,9-10,16,23H,1-3,8H2,(H,24,25). The van der Waals surface area contributed by atoms with Crippen LogP contribution in [-0.2, 0) is 4.74 Å². The Morgan fingerprint density at radius 1 is 1.19 bits per heavy atom. The van der Waals surface area contributed by atoms with Crippen molar-refractivity contribution < 1.29 is 23.4 Å². The number of H-pyrrole nitrogens is 1. The first-order chi connectivity index (χ1) is 12.6. The minimum Gasteiger partial charge on any atom is -0.478 e. The van der Waals surface area contributed by atoms with Crippen LogP contribution < -0.4 is 0 Å². The Kier molecular flexibility index (Phi) is 4.20. The van der Waals surface area contributed by atoms with Gasteiger partial charge in [-0.1, -0.05) is 24.3 Å². The number of hydrogen-bond donors (Lipinski definition) is 2. The van der Waals surface area contributed by atoms with E-state index >= 15 is 0 Å². The molecule has 1 aliphatic heterocycles. The molecule has 1 fully saturated rings. The number of carboxylic acids is 1. The van der Waals surface area contributed by atoms with Gasteiger partial charge in [0.05, 0.1) is 28.1 Å². The molecule has 3 aromatic rings. The van der Waals surface area contributed by atoms with Crippen molar-refractivity contribution in [3.05, 3.63) is 59.3 Å². The summed E-state index contributed by atoms with van der Waals surface area (Å²) in [6, 6.07) is 8.03. The fraction of sp³-hybridized carbons (Fsp3) is 0.250. The van der Waals surface area contributed by atoms with Crippen molar-refractivity contribution in [2.45, 2.75) is 25.4 Å². The van der Waals surface area contributed by atoms with Crippen LogP contribution in [0.25, 0.3) is 22.0 Å². The molecule has 0 bridgehead atoms. The van der Waals surface area contributed by atoms with Crippen LogP contribution in [0, 0.1) is 11.6 Å². The maximum absolute atomic E-state index is 15.0. The molecule has 0 spiro atoms. The van der Waals surface area contributed by atoms with E-state index in [4.69, 9.17) is 4.74 Å². The molecule has 0 amide bonds. The van der Waals surface area contributed by atoms with Gasteiger partial charge >= 0.3 is 5.97 Å². The lowest BCUT2D eigenvalue weighted by atomic mass is 9.96. The Bertz CT molecular complexity index is 973. The molecule has 4 nitrogen and oxygen atoms in total. The number of carboxylic acid groups (broad SMARTS) is 1. The minimum atomic E-state index is -1.27. The molecule has 0 saturated carbocycles. The van der Waals surface area contributed by atoms with Crippen LogP contribution in [0.5, 0.6) is 0 Å². The molecule has 2 aromatic carbocycles. The molecule has 1 saturated heterocycles. The van der Waals surface area contributed by atoms with Crippen molar-refractivity contribution in [2.24, 2.45) is 0 Å². The van der Waals surface area contributed by atoms with Crippen molar-refractivity contribution in [1.29, 1.82) is 0 Å². The zero-order chi connectivity index (χ0) is 18.3. The highest BCUT2D eigenvalue weighted by atomic mass is 19.1. The monoisotopic (exact) mass is 357 g/mol. The number of carbonyl (C=O) groups is 1. The maximum atomic E-state index is 15.0. The molecule has 1 aromatic heterocycles. The third-order valence-electron chi connectivity index (χ3n) is 4.84. The number of aromatic nitrogens is 1. The summed E-state index contributed by atoms with van der Waals surface area (Å²) in [5.74, 6) is -2.88. The second-order valence-corrected chi connectivity index (χ2v) is 6.45. The molecular weight excluding hydrogens is 340 g/mol. The Morgan fingerprint density at radius 2 is 1.96 bits per heavy atom. The van der Waals surface area contributed by atoms with Crippen molar-refractivity contribution in [3.8, 4) is 11.1 Å². The summed E-state index contributed by atoms with van der Waals surface area (Å²) in [6.45, 7) is 0.720.